The normalized spacial score (nSPS) is 15.7. The van der Waals surface area contributed by atoms with Crippen LogP contribution in [0.4, 0.5) is 10.5 Å². The summed E-state index contributed by atoms with van der Waals surface area (Å²) in [6.07, 6.45) is 5.77. The number of hydrogen-bond acceptors (Lipinski definition) is 2. The number of nitrogens with two attached hydrogens (primary N) is 1. The van der Waals surface area contributed by atoms with Gasteiger partial charge in [0, 0.05) is 24.3 Å². The first-order chi connectivity index (χ1) is 9.58. The number of urea groups is 1. The van der Waals surface area contributed by atoms with Gasteiger partial charge in [-0.15, -0.1) is 0 Å². The third-order valence-electron chi connectivity index (χ3n) is 3.78. The van der Waals surface area contributed by atoms with Gasteiger partial charge in [-0.05, 0) is 25.0 Å². The van der Waals surface area contributed by atoms with E-state index in [1.54, 1.807) is 30.1 Å². The van der Waals surface area contributed by atoms with Crippen LogP contribution in [0.2, 0.25) is 0 Å². The quantitative estimate of drug-likeness (QED) is 0.584. The molecule has 20 heavy (non-hydrogen) atoms. The molecule has 0 heterocycles. The van der Waals surface area contributed by atoms with E-state index in [2.05, 4.69) is 5.32 Å². The van der Waals surface area contributed by atoms with E-state index in [1.807, 2.05) is 6.07 Å². The number of amides is 2. The molecule has 0 spiro atoms. The van der Waals surface area contributed by atoms with Crippen LogP contribution in [-0.4, -0.2) is 25.0 Å². The number of carbonyl (C=O) groups is 1. The van der Waals surface area contributed by atoms with Gasteiger partial charge in [0.2, 0.25) is 0 Å². The van der Waals surface area contributed by atoms with Crippen molar-refractivity contribution in [3.05, 3.63) is 29.8 Å². The largest absolute Gasteiger partial charge is 0.384 e. The molecule has 1 aromatic carbocycles. The number of rotatable bonds is 3. The fourth-order valence-electron chi connectivity index (χ4n) is 2.52. The number of amidine groups is 1. The molecule has 1 aromatic rings. The van der Waals surface area contributed by atoms with Crippen LogP contribution in [0, 0.1) is 5.41 Å². The first kappa shape index (κ1) is 14.4. The van der Waals surface area contributed by atoms with Crippen LogP contribution < -0.4 is 16.0 Å². The van der Waals surface area contributed by atoms with Gasteiger partial charge in [0.15, 0.2) is 0 Å². The first-order valence-corrected chi connectivity index (χ1v) is 7.06. The maximum atomic E-state index is 12.2. The van der Waals surface area contributed by atoms with E-state index in [0.717, 1.165) is 18.5 Å². The molecular weight excluding hydrogens is 252 g/mol. The molecular formula is C15H22N4O. The highest BCUT2D eigenvalue weighted by Gasteiger charge is 2.18. The molecule has 0 bridgehead atoms. The van der Waals surface area contributed by atoms with Crippen molar-refractivity contribution in [2.75, 3.05) is 11.9 Å². The number of anilines is 1. The van der Waals surface area contributed by atoms with Crippen LogP contribution in [-0.2, 0) is 0 Å². The zero-order chi connectivity index (χ0) is 14.5. The van der Waals surface area contributed by atoms with Gasteiger partial charge in [-0.3, -0.25) is 10.3 Å². The van der Waals surface area contributed by atoms with E-state index < -0.39 is 0 Å². The smallest absolute Gasteiger partial charge is 0.321 e. The zero-order valence-corrected chi connectivity index (χ0v) is 11.9. The minimum atomic E-state index is -0.0994. The minimum absolute atomic E-state index is 0.00735. The summed E-state index contributed by atoms with van der Waals surface area (Å²) in [7, 11) is 1.73. The van der Waals surface area contributed by atoms with E-state index in [1.165, 1.54) is 19.3 Å². The third-order valence-corrected chi connectivity index (χ3v) is 3.78. The molecule has 0 aliphatic heterocycles. The molecule has 0 unspecified atom stereocenters. The van der Waals surface area contributed by atoms with E-state index in [4.69, 9.17) is 11.1 Å². The van der Waals surface area contributed by atoms with E-state index in [9.17, 15) is 4.79 Å². The molecule has 5 nitrogen and oxygen atoms in total. The van der Waals surface area contributed by atoms with Crippen LogP contribution >= 0.6 is 0 Å². The molecule has 1 saturated carbocycles. The Morgan fingerprint density at radius 3 is 2.70 bits per heavy atom. The second kappa shape index (κ2) is 6.41. The molecule has 1 aliphatic rings. The highest BCUT2D eigenvalue weighted by Crippen LogP contribution is 2.19. The monoisotopic (exact) mass is 274 g/mol. The van der Waals surface area contributed by atoms with Gasteiger partial charge in [-0.25, -0.2) is 4.79 Å². The Bertz CT molecular complexity index is 494. The van der Waals surface area contributed by atoms with E-state index >= 15 is 0 Å². The van der Waals surface area contributed by atoms with Gasteiger partial charge >= 0.3 is 6.03 Å². The summed E-state index contributed by atoms with van der Waals surface area (Å²) < 4.78 is 0. The number of benzene rings is 1. The van der Waals surface area contributed by atoms with Gasteiger partial charge in [-0.2, -0.15) is 0 Å². The molecule has 5 heteroatoms. The van der Waals surface area contributed by atoms with Crippen molar-refractivity contribution in [2.45, 2.75) is 38.1 Å². The van der Waals surface area contributed by atoms with Gasteiger partial charge in [-0.1, -0.05) is 31.4 Å². The highest BCUT2D eigenvalue weighted by atomic mass is 16.2. The SMILES string of the molecule is CN(C(=O)NC1CCCCC1)c1cccc(C(=N)N)c1. The van der Waals surface area contributed by atoms with Crippen LogP contribution in [0.25, 0.3) is 0 Å². The summed E-state index contributed by atoms with van der Waals surface area (Å²) in [5, 5.41) is 10.5. The van der Waals surface area contributed by atoms with E-state index in [0.29, 0.717) is 5.56 Å². The first-order valence-electron chi connectivity index (χ1n) is 7.06. The van der Waals surface area contributed by atoms with Crippen molar-refractivity contribution < 1.29 is 4.79 Å². The Morgan fingerprint density at radius 1 is 1.35 bits per heavy atom. The molecule has 0 radical (unpaired) electrons. The molecule has 4 N–H and O–H groups in total. The lowest BCUT2D eigenvalue weighted by Crippen LogP contribution is -2.44. The Morgan fingerprint density at radius 2 is 2.05 bits per heavy atom. The fourth-order valence-corrected chi connectivity index (χ4v) is 2.52. The summed E-state index contributed by atoms with van der Waals surface area (Å²) in [5.74, 6) is 0.00735. The topological polar surface area (TPSA) is 82.2 Å². The Balaban J connectivity index is 2.02. The molecule has 0 aromatic heterocycles. The maximum Gasteiger partial charge on any atom is 0.321 e. The summed E-state index contributed by atoms with van der Waals surface area (Å²) in [4.78, 5) is 13.8. The van der Waals surface area contributed by atoms with Crippen molar-refractivity contribution in [3.8, 4) is 0 Å². The Labute approximate surface area is 119 Å². The average molecular weight is 274 g/mol. The number of nitrogen functional groups attached to an aromatic ring is 1. The summed E-state index contributed by atoms with van der Waals surface area (Å²) >= 11 is 0. The number of hydrogen-bond donors (Lipinski definition) is 3. The highest BCUT2D eigenvalue weighted by molar-refractivity contribution is 5.98. The van der Waals surface area contributed by atoms with Crippen LogP contribution in [0.5, 0.6) is 0 Å². The third kappa shape index (κ3) is 3.50. The summed E-state index contributed by atoms with van der Waals surface area (Å²) in [6.45, 7) is 0. The van der Waals surface area contributed by atoms with Crippen molar-refractivity contribution >= 4 is 17.6 Å². The van der Waals surface area contributed by atoms with Gasteiger partial charge in [0.25, 0.3) is 0 Å². The molecule has 108 valence electrons. The minimum Gasteiger partial charge on any atom is -0.384 e. The lowest BCUT2D eigenvalue weighted by Gasteiger charge is -2.26. The van der Waals surface area contributed by atoms with Crippen molar-refractivity contribution in [1.29, 1.82) is 5.41 Å². The number of carbonyl (C=O) groups excluding carboxylic acids is 1. The van der Waals surface area contributed by atoms with Crippen molar-refractivity contribution in [1.82, 2.24) is 5.32 Å². The molecule has 1 fully saturated rings. The summed E-state index contributed by atoms with van der Waals surface area (Å²) in [5.41, 5.74) is 6.84. The Kier molecular flexibility index (Phi) is 4.61. The average Bonchev–Trinajstić information content (AvgIpc) is 2.47. The van der Waals surface area contributed by atoms with Gasteiger partial charge in [0.1, 0.15) is 5.84 Å². The molecule has 0 atom stereocenters. The second-order valence-corrected chi connectivity index (χ2v) is 5.31. The van der Waals surface area contributed by atoms with Gasteiger partial charge in [0.05, 0.1) is 0 Å². The predicted octanol–water partition coefficient (Wildman–Crippen LogP) is 2.45. The number of nitrogens with zero attached hydrogens (tertiary/aromatic N) is 1. The van der Waals surface area contributed by atoms with Crippen LogP contribution in [0.15, 0.2) is 24.3 Å². The second-order valence-electron chi connectivity index (χ2n) is 5.31. The lowest BCUT2D eigenvalue weighted by molar-refractivity contribution is 0.239. The fraction of sp³-hybridized carbons (Fsp3) is 0.467. The van der Waals surface area contributed by atoms with Crippen molar-refractivity contribution in [2.24, 2.45) is 5.73 Å². The van der Waals surface area contributed by atoms with E-state index in [-0.39, 0.29) is 17.9 Å². The molecule has 2 rings (SSSR count). The van der Waals surface area contributed by atoms with Crippen LogP contribution in [0.1, 0.15) is 37.7 Å². The predicted molar refractivity (Wildman–Crippen MR) is 81.3 cm³/mol. The molecule has 2 amide bonds. The summed E-state index contributed by atoms with van der Waals surface area (Å²) in [6, 6.07) is 7.34. The molecule has 1 aliphatic carbocycles. The Hall–Kier alpha value is -2.04. The zero-order valence-electron chi connectivity index (χ0n) is 11.9. The lowest BCUT2D eigenvalue weighted by atomic mass is 9.96. The molecule has 0 saturated heterocycles. The maximum absolute atomic E-state index is 12.2. The number of nitrogens with one attached hydrogen (secondary N) is 2. The van der Waals surface area contributed by atoms with Crippen molar-refractivity contribution in [3.63, 3.8) is 0 Å². The standard InChI is InChI=1S/C15H22N4O/c1-19(13-9-5-6-11(10-13)14(16)17)15(20)18-12-7-3-2-4-8-12/h5-6,9-10,12H,2-4,7-8H2,1H3,(H3,16,17)(H,18,20). The van der Waals surface area contributed by atoms with Gasteiger partial charge < -0.3 is 11.1 Å². The van der Waals surface area contributed by atoms with Crippen LogP contribution in [0.3, 0.4) is 0 Å².